The van der Waals surface area contributed by atoms with Crippen LogP contribution in [0.1, 0.15) is 42.5 Å². The molecule has 0 radical (unpaired) electrons. The summed E-state index contributed by atoms with van der Waals surface area (Å²) in [7, 11) is 3.48. The first-order valence-corrected chi connectivity index (χ1v) is 9.34. The van der Waals surface area contributed by atoms with Crippen LogP contribution in [0.2, 0.25) is 0 Å². The van der Waals surface area contributed by atoms with Crippen LogP contribution in [-0.4, -0.2) is 51.8 Å². The lowest BCUT2D eigenvalue weighted by molar-refractivity contribution is -0.134. The summed E-state index contributed by atoms with van der Waals surface area (Å²) < 4.78 is 7.15. The predicted octanol–water partition coefficient (Wildman–Crippen LogP) is 2.71. The van der Waals surface area contributed by atoms with Crippen molar-refractivity contribution in [1.82, 2.24) is 19.7 Å². The number of halogens is 2. The predicted molar refractivity (Wildman–Crippen MR) is 116 cm³/mol. The molecule has 1 amide bonds. The summed E-state index contributed by atoms with van der Waals surface area (Å²) in [4.78, 5) is 19.4. The van der Waals surface area contributed by atoms with Crippen LogP contribution >= 0.6 is 24.8 Å². The van der Waals surface area contributed by atoms with Gasteiger partial charge < -0.3 is 15.4 Å². The molecule has 0 bridgehead atoms. The first-order valence-electron chi connectivity index (χ1n) is 9.34. The number of carbonyl (C=O) groups is 1. The summed E-state index contributed by atoms with van der Waals surface area (Å²) in [5, 5.41) is 5.32. The van der Waals surface area contributed by atoms with Gasteiger partial charge in [0.25, 0.3) is 0 Å². The van der Waals surface area contributed by atoms with Crippen molar-refractivity contribution in [3.05, 3.63) is 16.8 Å². The number of fused-ring (bicyclic) bond motifs is 1. The Labute approximate surface area is 178 Å². The van der Waals surface area contributed by atoms with Gasteiger partial charge in [0.15, 0.2) is 5.65 Å². The maximum atomic E-state index is 12.8. The van der Waals surface area contributed by atoms with Gasteiger partial charge in [-0.2, -0.15) is 0 Å². The number of carbonyl (C=O) groups excluding carboxylic acids is 1. The van der Waals surface area contributed by atoms with Gasteiger partial charge >= 0.3 is 0 Å². The smallest absolute Gasteiger partial charge is 0.242 e. The Morgan fingerprint density at radius 3 is 2.64 bits per heavy atom. The van der Waals surface area contributed by atoms with Crippen molar-refractivity contribution in [2.24, 2.45) is 12.8 Å². The molecule has 1 aliphatic heterocycles. The molecule has 1 aliphatic rings. The number of methoxy groups -OCH3 is 1. The number of ether oxygens (including phenoxy) is 1. The van der Waals surface area contributed by atoms with E-state index in [1.54, 1.807) is 11.8 Å². The summed E-state index contributed by atoms with van der Waals surface area (Å²) in [6.45, 7) is 5.43. The molecule has 0 aromatic carbocycles. The van der Waals surface area contributed by atoms with E-state index in [1.807, 2.05) is 18.9 Å². The highest BCUT2D eigenvalue weighted by molar-refractivity contribution is 5.86. The maximum Gasteiger partial charge on any atom is 0.242 e. The molecule has 3 heterocycles. The molecule has 3 rings (SSSR count). The monoisotopic (exact) mass is 431 g/mol. The highest BCUT2D eigenvalue weighted by Gasteiger charge is 2.26. The fourth-order valence-corrected chi connectivity index (χ4v) is 4.06. The number of aromatic nitrogens is 3. The average Bonchev–Trinajstić information content (AvgIpc) is 2.97. The topological polar surface area (TPSA) is 86.3 Å². The van der Waals surface area contributed by atoms with E-state index in [9.17, 15) is 4.79 Å². The third-order valence-corrected chi connectivity index (χ3v) is 5.52. The Bertz CT molecular complexity index is 824. The molecular formula is C19H31Cl2N5O2. The van der Waals surface area contributed by atoms with E-state index < -0.39 is 0 Å². The van der Waals surface area contributed by atoms with Gasteiger partial charge in [-0.15, -0.1) is 29.9 Å². The summed E-state index contributed by atoms with van der Waals surface area (Å²) in [6.07, 6.45) is 4.39. The zero-order chi connectivity index (χ0) is 18.8. The summed E-state index contributed by atoms with van der Waals surface area (Å²) in [5.41, 5.74) is 9.82. The van der Waals surface area contributed by atoms with E-state index in [4.69, 9.17) is 15.5 Å². The fraction of sp³-hybridized carbons (Fsp3) is 0.632. The van der Waals surface area contributed by atoms with Crippen molar-refractivity contribution in [3.8, 4) is 5.88 Å². The normalized spacial score (nSPS) is 16.5. The van der Waals surface area contributed by atoms with E-state index >= 15 is 0 Å². The number of rotatable bonds is 5. The molecule has 0 aliphatic carbocycles. The number of hydrogen-bond acceptors (Lipinski definition) is 5. The largest absolute Gasteiger partial charge is 0.479 e. The standard InChI is InChI=1S/C19H29N5O2.2ClH/c1-12-15(8-9-16(25)24-10-6-5-7-14(24)11-20)13(2)21-18-17(12)19(26-4)22-23(18)3;;/h14H,5-11,20H2,1-4H3;2*1H. The van der Waals surface area contributed by atoms with Gasteiger partial charge in [-0.1, -0.05) is 0 Å². The summed E-state index contributed by atoms with van der Waals surface area (Å²) in [5.74, 6) is 0.775. The quantitative estimate of drug-likeness (QED) is 0.785. The first-order chi connectivity index (χ1) is 12.5. The van der Waals surface area contributed by atoms with Crippen molar-refractivity contribution >= 4 is 41.8 Å². The second-order valence-corrected chi connectivity index (χ2v) is 7.10. The second-order valence-electron chi connectivity index (χ2n) is 7.10. The van der Waals surface area contributed by atoms with E-state index in [1.165, 1.54) is 0 Å². The Kier molecular flexibility index (Phi) is 8.98. The third kappa shape index (κ3) is 4.53. The Hall–Kier alpha value is -1.57. The van der Waals surface area contributed by atoms with Crippen LogP contribution in [0.5, 0.6) is 5.88 Å². The van der Waals surface area contributed by atoms with Crippen LogP contribution in [0.3, 0.4) is 0 Å². The highest BCUT2D eigenvalue weighted by Crippen LogP contribution is 2.30. The molecule has 2 aromatic heterocycles. The lowest BCUT2D eigenvalue weighted by atomic mass is 9.98. The first kappa shape index (κ1) is 24.5. The molecule has 28 heavy (non-hydrogen) atoms. The van der Waals surface area contributed by atoms with Crippen molar-refractivity contribution in [1.29, 1.82) is 0 Å². The van der Waals surface area contributed by atoms with E-state index in [0.29, 0.717) is 25.3 Å². The lowest BCUT2D eigenvalue weighted by Gasteiger charge is -2.35. The molecule has 7 nitrogen and oxygen atoms in total. The molecule has 1 unspecified atom stereocenters. The minimum atomic E-state index is 0. The van der Waals surface area contributed by atoms with Crippen LogP contribution in [-0.2, 0) is 18.3 Å². The molecule has 9 heteroatoms. The van der Waals surface area contributed by atoms with Crippen LogP contribution in [0.4, 0.5) is 0 Å². The number of nitrogens with zero attached hydrogens (tertiary/aromatic N) is 4. The summed E-state index contributed by atoms with van der Waals surface area (Å²) >= 11 is 0. The second kappa shape index (κ2) is 10.3. The molecule has 2 aromatic rings. The van der Waals surface area contributed by atoms with Gasteiger partial charge in [-0.05, 0) is 50.7 Å². The number of pyridine rings is 1. The third-order valence-electron chi connectivity index (χ3n) is 5.52. The zero-order valence-corrected chi connectivity index (χ0v) is 18.7. The minimum absolute atomic E-state index is 0. The summed E-state index contributed by atoms with van der Waals surface area (Å²) in [6, 6.07) is 0.192. The number of piperidine rings is 1. The van der Waals surface area contributed by atoms with Gasteiger partial charge in [0.05, 0.1) is 12.5 Å². The molecule has 1 saturated heterocycles. The van der Waals surface area contributed by atoms with Gasteiger partial charge in [-0.3, -0.25) is 4.79 Å². The minimum Gasteiger partial charge on any atom is -0.479 e. The van der Waals surface area contributed by atoms with E-state index in [2.05, 4.69) is 12.0 Å². The van der Waals surface area contributed by atoms with Gasteiger partial charge in [0.2, 0.25) is 11.8 Å². The molecule has 1 atom stereocenters. The Balaban J connectivity index is 0.00000196. The van der Waals surface area contributed by atoms with Gasteiger partial charge in [0, 0.05) is 38.3 Å². The molecular weight excluding hydrogens is 401 g/mol. The number of likely N-dealkylation sites (tertiary alicyclic amines) is 1. The van der Waals surface area contributed by atoms with E-state index in [-0.39, 0.29) is 36.8 Å². The fourth-order valence-electron chi connectivity index (χ4n) is 4.06. The average molecular weight is 432 g/mol. The van der Waals surface area contributed by atoms with Crippen LogP contribution in [0.15, 0.2) is 0 Å². The number of hydrogen-bond donors (Lipinski definition) is 1. The van der Waals surface area contributed by atoms with Crippen molar-refractivity contribution in [2.75, 3.05) is 20.2 Å². The van der Waals surface area contributed by atoms with Gasteiger partial charge in [-0.25, -0.2) is 9.67 Å². The zero-order valence-electron chi connectivity index (χ0n) is 17.0. The van der Waals surface area contributed by atoms with Crippen molar-refractivity contribution < 1.29 is 9.53 Å². The number of amides is 1. The lowest BCUT2D eigenvalue weighted by Crippen LogP contribution is -2.47. The highest BCUT2D eigenvalue weighted by atomic mass is 35.5. The van der Waals surface area contributed by atoms with Crippen molar-refractivity contribution in [3.63, 3.8) is 0 Å². The van der Waals surface area contributed by atoms with Crippen LogP contribution in [0, 0.1) is 13.8 Å². The molecule has 1 fully saturated rings. The molecule has 0 saturated carbocycles. The SMILES string of the molecule is COc1nn(C)c2nc(C)c(CCC(=O)N3CCCCC3CN)c(C)c12.Cl.Cl. The molecule has 2 N–H and O–H groups in total. The van der Waals surface area contributed by atoms with E-state index in [0.717, 1.165) is 53.7 Å². The Morgan fingerprint density at radius 2 is 2.00 bits per heavy atom. The molecule has 0 spiro atoms. The van der Waals surface area contributed by atoms with Crippen molar-refractivity contribution in [2.45, 2.75) is 52.0 Å². The van der Waals surface area contributed by atoms with Crippen LogP contribution < -0.4 is 10.5 Å². The maximum absolute atomic E-state index is 12.8. The van der Waals surface area contributed by atoms with Gasteiger partial charge in [0.1, 0.15) is 0 Å². The number of aryl methyl sites for hydroxylation is 3. The Morgan fingerprint density at radius 1 is 1.29 bits per heavy atom. The van der Waals surface area contributed by atoms with Crippen LogP contribution in [0.25, 0.3) is 11.0 Å². The number of nitrogens with two attached hydrogens (primary N) is 1. The molecule has 158 valence electrons.